The normalized spacial score (nSPS) is 15.1. The first-order chi connectivity index (χ1) is 13.7. The van der Waals surface area contributed by atoms with Gasteiger partial charge in [-0.1, -0.05) is 24.3 Å². The molecule has 2 heterocycles. The molecular weight excluding hydrogens is 400 g/mol. The van der Waals surface area contributed by atoms with Gasteiger partial charge in [0.1, 0.15) is 5.69 Å². The number of hydrogen-bond acceptors (Lipinski definition) is 7. The molecule has 2 aromatic rings. The Hall–Kier alpha value is -3.99. The minimum absolute atomic E-state index is 0.270. The van der Waals surface area contributed by atoms with E-state index in [1.165, 1.54) is 6.08 Å². The van der Waals surface area contributed by atoms with Crippen LogP contribution in [0.2, 0.25) is 0 Å². The molecule has 11 heteroatoms. The number of hydrogen-bond donors (Lipinski definition) is 3. The van der Waals surface area contributed by atoms with Gasteiger partial charge in [-0.25, -0.2) is 4.79 Å². The molecule has 29 heavy (non-hydrogen) atoms. The van der Waals surface area contributed by atoms with Crippen molar-refractivity contribution in [3.63, 3.8) is 0 Å². The standard InChI is InChI=1S/C18H12N4O6S/c19-15(25)11-8-14(24)22(17(27)20-11)13(23)6-5-9-1-3-10(4-2-9)7-12-16(26)21-18(28)29-12/h1-8H,(H2,19,25)(H,20,27)(H,21,26,28). The number of aromatic nitrogens is 2. The molecule has 1 aromatic heterocycles. The first kappa shape index (κ1) is 19.8. The molecule has 1 aromatic carbocycles. The summed E-state index contributed by atoms with van der Waals surface area (Å²) >= 11 is 0.799. The Morgan fingerprint density at radius 2 is 1.69 bits per heavy atom. The second-order valence-electron chi connectivity index (χ2n) is 5.72. The topological polar surface area (TPSA) is 161 Å². The zero-order chi connectivity index (χ0) is 21.1. The van der Waals surface area contributed by atoms with Crippen LogP contribution in [0, 0.1) is 0 Å². The third-order valence-electron chi connectivity index (χ3n) is 3.71. The van der Waals surface area contributed by atoms with E-state index in [-0.39, 0.29) is 4.91 Å². The number of nitrogens with one attached hydrogen (secondary N) is 2. The molecule has 0 saturated carbocycles. The van der Waals surface area contributed by atoms with E-state index in [1.807, 2.05) is 0 Å². The summed E-state index contributed by atoms with van der Waals surface area (Å²) in [6, 6.07) is 7.36. The quantitative estimate of drug-likeness (QED) is 0.609. The first-order valence-electron chi connectivity index (χ1n) is 7.98. The van der Waals surface area contributed by atoms with Gasteiger partial charge in [0.05, 0.1) is 4.91 Å². The van der Waals surface area contributed by atoms with Gasteiger partial charge in [0.2, 0.25) is 0 Å². The maximum atomic E-state index is 12.2. The lowest BCUT2D eigenvalue weighted by molar-refractivity contribution is -0.115. The lowest BCUT2D eigenvalue weighted by Crippen LogP contribution is -2.40. The van der Waals surface area contributed by atoms with Crippen molar-refractivity contribution in [2.75, 3.05) is 0 Å². The Morgan fingerprint density at radius 3 is 2.24 bits per heavy atom. The summed E-state index contributed by atoms with van der Waals surface area (Å²) in [5.41, 5.74) is 3.78. The monoisotopic (exact) mass is 412 g/mol. The minimum Gasteiger partial charge on any atom is -0.364 e. The van der Waals surface area contributed by atoms with Crippen LogP contribution in [0.15, 0.2) is 50.9 Å². The van der Waals surface area contributed by atoms with Crippen LogP contribution in [0.1, 0.15) is 26.4 Å². The molecule has 3 amide bonds. The van der Waals surface area contributed by atoms with Gasteiger partial charge in [0.25, 0.3) is 28.5 Å². The smallest absolute Gasteiger partial charge is 0.336 e. The molecule has 0 radical (unpaired) electrons. The van der Waals surface area contributed by atoms with Crippen molar-refractivity contribution in [2.24, 2.45) is 5.73 Å². The van der Waals surface area contributed by atoms with Crippen molar-refractivity contribution < 1.29 is 19.2 Å². The molecule has 3 rings (SSSR count). The number of amides is 3. The largest absolute Gasteiger partial charge is 0.364 e. The molecule has 1 aliphatic heterocycles. The zero-order valence-corrected chi connectivity index (χ0v) is 15.3. The highest BCUT2D eigenvalue weighted by Crippen LogP contribution is 2.25. The number of carbonyl (C=O) groups is 4. The van der Waals surface area contributed by atoms with Crippen LogP contribution in [-0.4, -0.2) is 32.5 Å². The van der Waals surface area contributed by atoms with Gasteiger partial charge in [-0.2, -0.15) is 4.57 Å². The summed E-state index contributed by atoms with van der Waals surface area (Å²) in [4.78, 5) is 71.9. The third-order valence-corrected chi connectivity index (χ3v) is 4.52. The number of nitrogens with two attached hydrogens (primary N) is 1. The molecular formula is C18H12N4O6S. The minimum atomic E-state index is -1.08. The van der Waals surface area contributed by atoms with Gasteiger partial charge in [-0.05, 0) is 35.0 Å². The number of rotatable bonds is 4. The number of H-pyrrole nitrogens is 1. The van der Waals surface area contributed by atoms with E-state index in [1.54, 1.807) is 30.3 Å². The summed E-state index contributed by atoms with van der Waals surface area (Å²) in [6.45, 7) is 0. The fourth-order valence-electron chi connectivity index (χ4n) is 2.35. The molecule has 1 saturated heterocycles. The molecule has 0 bridgehead atoms. The van der Waals surface area contributed by atoms with Crippen molar-refractivity contribution in [3.8, 4) is 0 Å². The predicted octanol–water partition coefficient (Wildman–Crippen LogP) is 0.313. The summed E-state index contributed by atoms with van der Waals surface area (Å²) in [5.74, 6) is -2.37. The molecule has 1 fully saturated rings. The van der Waals surface area contributed by atoms with E-state index in [0.717, 1.165) is 23.9 Å². The maximum absolute atomic E-state index is 12.2. The summed E-state index contributed by atoms with van der Waals surface area (Å²) < 4.78 is 0.328. The SMILES string of the molecule is NC(=O)c1cc(=O)n(C(=O)C=Cc2ccc(C=C3SC(=O)NC3=O)cc2)c(=O)[nH]1. The van der Waals surface area contributed by atoms with Gasteiger partial charge < -0.3 is 10.7 Å². The van der Waals surface area contributed by atoms with Gasteiger partial charge in [0.15, 0.2) is 0 Å². The molecule has 0 unspecified atom stereocenters. The lowest BCUT2D eigenvalue weighted by atomic mass is 10.1. The number of carbonyl (C=O) groups excluding carboxylic acids is 4. The van der Waals surface area contributed by atoms with Crippen molar-refractivity contribution in [1.29, 1.82) is 0 Å². The Balaban J connectivity index is 1.78. The number of thioether (sulfide) groups is 1. The molecule has 10 nitrogen and oxygen atoms in total. The van der Waals surface area contributed by atoms with Crippen LogP contribution in [-0.2, 0) is 4.79 Å². The maximum Gasteiger partial charge on any atom is 0.336 e. The Morgan fingerprint density at radius 1 is 1.03 bits per heavy atom. The highest BCUT2D eigenvalue weighted by atomic mass is 32.2. The third kappa shape index (κ3) is 4.47. The van der Waals surface area contributed by atoms with Crippen LogP contribution in [0.5, 0.6) is 0 Å². The van der Waals surface area contributed by atoms with E-state index >= 15 is 0 Å². The fourth-order valence-corrected chi connectivity index (χ4v) is 3.04. The average molecular weight is 412 g/mol. The first-order valence-corrected chi connectivity index (χ1v) is 8.80. The van der Waals surface area contributed by atoms with Gasteiger partial charge in [-0.15, -0.1) is 0 Å². The summed E-state index contributed by atoms with van der Waals surface area (Å²) in [7, 11) is 0. The lowest BCUT2D eigenvalue weighted by Gasteiger charge is -2.01. The van der Waals surface area contributed by atoms with E-state index in [0.29, 0.717) is 15.7 Å². The molecule has 1 aliphatic rings. The molecule has 146 valence electrons. The number of primary amides is 1. The van der Waals surface area contributed by atoms with Crippen molar-refractivity contribution >= 4 is 46.9 Å². The van der Waals surface area contributed by atoms with E-state index in [2.05, 4.69) is 10.3 Å². The number of aromatic amines is 1. The van der Waals surface area contributed by atoms with Crippen LogP contribution in [0.4, 0.5) is 4.79 Å². The second kappa shape index (κ2) is 7.94. The Bertz CT molecular complexity index is 1190. The Kier molecular flexibility index (Phi) is 5.41. The van der Waals surface area contributed by atoms with Gasteiger partial charge in [0, 0.05) is 12.1 Å². The van der Waals surface area contributed by atoms with E-state index in [4.69, 9.17) is 5.73 Å². The van der Waals surface area contributed by atoms with Crippen molar-refractivity contribution in [2.45, 2.75) is 0 Å². The number of allylic oxidation sites excluding steroid dienone is 1. The van der Waals surface area contributed by atoms with Crippen LogP contribution in [0.3, 0.4) is 0 Å². The zero-order valence-electron chi connectivity index (χ0n) is 14.5. The molecule has 4 N–H and O–H groups in total. The number of imide groups is 1. The number of benzene rings is 1. The highest BCUT2D eigenvalue weighted by molar-refractivity contribution is 8.18. The van der Waals surface area contributed by atoms with E-state index in [9.17, 15) is 28.8 Å². The van der Waals surface area contributed by atoms with Gasteiger partial charge in [-0.3, -0.25) is 29.3 Å². The average Bonchev–Trinajstić information content (AvgIpc) is 2.97. The fraction of sp³-hybridized carbons (Fsp3) is 0. The van der Waals surface area contributed by atoms with Crippen molar-refractivity contribution in [1.82, 2.24) is 14.9 Å². The van der Waals surface area contributed by atoms with Crippen LogP contribution in [0.25, 0.3) is 12.2 Å². The molecule has 0 atom stereocenters. The van der Waals surface area contributed by atoms with Crippen LogP contribution >= 0.6 is 11.8 Å². The van der Waals surface area contributed by atoms with Crippen molar-refractivity contribution in [3.05, 3.63) is 79.0 Å². The predicted molar refractivity (Wildman–Crippen MR) is 105 cm³/mol. The highest BCUT2D eigenvalue weighted by Gasteiger charge is 2.24. The summed E-state index contributed by atoms with van der Waals surface area (Å²) in [5, 5.41) is 1.72. The van der Waals surface area contributed by atoms with Gasteiger partial charge >= 0.3 is 5.69 Å². The van der Waals surface area contributed by atoms with Crippen LogP contribution < -0.4 is 22.3 Å². The molecule has 0 aliphatic carbocycles. The summed E-state index contributed by atoms with van der Waals surface area (Å²) in [6.07, 6.45) is 3.95. The Labute approximate surface area is 166 Å². The second-order valence-corrected chi connectivity index (χ2v) is 6.73. The number of nitrogens with zero attached hydrogens (tertiary/aromatic N) is 1. The molecule has 0 spiro atoms. The van der Waals surface area contributed by atoms with E-state index < -0.39 is 39.9 Å².